The first-order chi connectivity index (χ1) is 9.81. The molecule has 1 amide bonds. The van der Waals surface area contributed by atoms with Crippen LogP contribution in [-0.4, -0.2) is 20.9 Å². The second-order valence-electron chi connectivity index (χ2n) is 4.47. The van der Waals surface area contributed by atoms with E-state index in [4.69, 9.17) is 0 Å². The van der Waals surface area contributed by atoms with Gasteiger partial charge in [0.2, 0.25) is 5.91 Å². The summed E-state index contributed by atoms with van der Waals surface area (Å²) in [5.74, 6) is 0.756. The summed E-state index contributed by atoms with van der Waals surface area (Å²) in [6.45, 7) is 0. The number of para-hydroxylation sites is 1. The zero-order valence-corrected chi connectivity index (χ0v) is 10.8. The number of carbonyl (C=O) groups is 1. The Morgan fingerprint density at radius 2 is 2.00 bits per heavy atom. The molecular weight excluding hydrogens is 252 g/mol. The van der Waals surface area contributed by atoms with Crippen molar-refractivity contribution in [2.75, 3.05) is 5.32 Å². The number of rotatable bonds is 4. The molecule has 0 fully saturated rings. The van der Waals surface area contributed by atoms with Crippen molar-refractivity contribution in [3.05, 3.63) is 54.5 Å². The molecule has 2 N–H and O–H groups in total. The molecule has 0 aliphatic heterocycles. The Kier molecular flexibility index (Phi) is 3.41. The zero-order valence-electron chi connectivity index (χ0n) is 10.8. The summed E-state index contributed by atoms with van der Waals surface area (Å²) in [6, 6.07) is 13.2. The van der Waals surface area contributed by atoms with Crippen LogP contribution in [0.1, 0.15) is 12.2 Å². The molecule has 2 aromatic heterocycles. The molecule has 3 rings (SSSR count). The lowest BCUT2D eigenvalue weighted by atomic mass is 10.2. The lowest BCUT2D eigenvalue weighted by Gasteiger charge is -2.03. The number of imidazole rings is 1. The number of hydrogen-bond donors (Lipinski definition) is 2. The van der Waals surface area contributed by atoms with Crippen LogP contribution in [0, 0.1) is 0 Å². The SMILES string of the molecule is O=C(CCc1nc2ncccc2[nH]1)Nc1ccccc1. The minimum absolute atomic E-state index is 0.0235. The maximum absolute atomic E-state index is 11.8. The number of H-pyrrole nitrogens is 1. The van der Waals surface area contributed by atoms with Gasteiger partial charge in [0.25, 0.3) is 0 Å². The highest BCUT2D eigenvalue weighted by molar-refractivity contribution is 5.90. The van der Waals surface area contributed by atoms with Gasteiger partial charge in [0.1, 0.15) is 5.82 Å². The third kappa shape index (κ3) is 2.83. The fraction of sp³-hybridized carbons (Fsp3) is 0.133. The first-order valence-electron chi connectivity index (χ1n) is 6.46. The molecule has 0 saturated heterocycles. The highest BCUT2D eigenvalue weighted by Crippen LogP contribution is 2.10. The molecule has 0 atom stereocenters. The molecule has 100 valence electrons. The van der Waals surface area contributed by atoms with Crippen molar-refractivity contribution >= 4 is 22.8 Å². The average Bonchev–Trinajstić information content (AvgIpc) is 2.89. The molecule has 0 unspecified atom stereocenters. The summed E-state index contributed by atoms with van der Waals surface area (Å²) < 4.78 is 0. The van der Waals surface area contributed by atoms with E-state index in [-0.39, 0.29) is 5.91 Å². The standard InChI is InChI=1S/C15H14N4O/c20-14(17-11-5-2-1-3-6-11)9-8-13-18-12-7-4-10-16-15(12)19-13/h1-7,10H,8-9H2,(H,17,20)(H,16,18,19). The second-order valence-corrected chi connectivity index (χ2v) is 4.47. The van der Waals surface area contributed by atoms with Gasteiger partial charge >= 0.3 is 0 Å². The van der Waals surface area contributed by atoms with E-state index in [2.05, 4.69) is 20.3 Å². The smallest absolute Gasteiger partial charge is 0.224 e. The largest absolute Gasteiger partial charge is 0.341 e. The normalized spacial score (nSPS) is 10.6. The van der Waals surface area contributed by atoms with Crippen LogP contribution in [0.15, 0.2) is 48.7 Å². The maximum Gasteiger partial charge on any atom is 0.224 e. The number of carbonyl (C=O) groups excluding carboxylic acids is 1. The first kappa shape index (κ1) is 12.3. The Morgan fingerprint density at radius 1 is 1.15 bits per heavy atom. The van der Waals surface area contributed by atoms with Crippen LogP contribution in [0.4, 0.5) is 5.69 Å². The minimum atomic E-state index is -0.0235. The number of aromatic nitrogens is 3. The van der Waals surface area contributed by atoms with E-state index in [0.29, 0.717) is 18.5 Å². The molecule has 5 heteroatoms. The van der Waals surface area contributed by atoms with Gasteiger partial charge in [0.05, 0.1) is 5.52 Å². The fourth-order valence-corrected chi connectivity index (χ4v) is 1.99. The van der Waals surface area contributed by atoms with Crippen molar-refractivity contribution in [1.29, 1.82) is 0 Å². The molecule has 0 aliphatic carbocycles. The summed E-state index contributed by atoms with van der Waals surface area (Å²) in [4.78, 5) is 23.5. The van der Waals surface area contributed by atoms with Gasteiger partial charge in [0, 0.05) is 24.7 Å². The van der Waals surface area contributed by atoms with Gasteiger partial charge in [-0.15, -0.1) is 0 Å². The van der Waals surface area contributed by atoms with Crippen molar-refractivity contribution in [2.45, 2.75) is 12.8 Å². The molecule has 2 heterocycles. The topological polar surface area (TPSA) is 70.7 Å². The number of pyridine rings is 1. The number of fused-ring (bicyclic) bond motifs is 1. The van der Waals surface area contributed by atoms with E-state index in [1.807, 2.05) is 42.5 Å². The molecule has 0 bridgehead atoms. The van der Waals surface area contributed by atoms with Gasteiger partial charge in [0.15, 0.2) is 5.65 Å². The molecule has 0 saturated carbocycles. The maximum atomic E-state index is 11.8. The first-order valence-corrected chi connectivity index (χ1v) is 6.46. The Hall–Kier alpha value is -2.69. The van der Waals surface area contributed by atoms with Crippen LogP contribution in [0.5, 0.6) is 0 Å². The molecule has 0 radical (unpaired) electrons. The lowest BCUT2D eigenvalue weighted by molar-refractivity contribution is -0.116. The number of hydrogen-bond acceptors (Lipinski definition) is 3. The molecule has 0 aliphatic rings. The number of aryl methyl sites for hydroxylation is 1. The lowest BCUT2D eigenvalue weighted by Crippen LogP contribution is -2.12. The van der Waals surface area contributed by atoms with Crippen LogP contribution in [0.2, 0.25) is 0 Å². The van der Waals surface area contributed by atoms with E-state index >= 15 is 0 Å². The van der Waals surface area contributed by atoms with Crippen molar-refractivity contribution in [1.82, 2.24) is 15.0 Å². The van der Waals surface area contributed by atoms with E-state index in [1.54, 1.807) is 6.20 Å². The number of amides is 1. The van der Waals surface area contributed by atoms with E-state index in [0.717, 1.165) is 17.0 Å². The highest BCUT2D eigenvalue weighted by atomic mass is 16.1. The molecule has 3 aromatic rings. The van der Waals surface area contributed by atoms with Gasteiger partial charge < -0.3 is 10.3 Å². The Balaban J connectivity index is 1.60. The summed E-state index contributed by atoms with van der Waals surface area (Å²) in [7, 11) is 0. The van der Waals surface area contributed by atoms with Crippen molar-refractivity contribution in [3.63, 3.8) is 0 Å². The molecule has 5 nitrogen and oxygen atoms in total. The Labute approximate surface area is 116 Å². The fourth-order valence-electron chi connectivity index (χ4n) is 1.99. The molecule has 1 aromatic carbocycles. The summed E-state index contributed by atoms with van der Waals surface area (Å²) in [5, 5.41) is 2.85. The Morgan fingerprint density at radius 3 is 2.80 bits per heavy atom. The average molecular weight is 266 g/mol. The predicted molar refractivity (Wildman–Crippen MR) is 77.3 cm³/mol. The molecule has 0 spiro atoms. The number of nitrogens with one attached hydrogen (secondary N) is 2. The van der Waals surface area contributed by atoms with Crippen molar-refractivity contribution in [2.24, 2.45) is 0 Å². The third-order valence-electron chi connectivity index (χ3n) is 2.95. The van der Waals surface area contributed by atoms with Crippen LogP contribution in [0.25, 0.3) is 11.2 Å². The van der Waals surface area contributed by atoms with Gasteiger partial charge in [-0.25, -0.2) is 9.97 Å². The summed E-state index contributed by atoms with van der Waals surface area (Å²) in [6.07, 6.45) is 2.65. The van der Waals surface area contributed by atoms with E-state index in [9.17, 15) is 4.79 Å². The predicted octanol–water partition coefficient (Wildman–Crippen LogP) is 2.53. The number of benzene rings is 1. The van der Waals surface area contributed by atoms with Gasteiger partial charge in [-0.1, -0.05) is 18.2 Å². The number of aromatic amines is 1. The van der Waals surface area contributed by atoms with Gasteiger partial charge in [-0.05, 0) is 24.3 Å². The van der Waals surface area contributed by atoms with Crippen molar-refractivity contribution in [3.8, 4) is 0 Å². The molecular formula is C15H14N4O. The van der Waals surface area contributed by atoms with E-state index < -0.39 is 0 Å². The second kappa shape index (κ2) is 5.52. The monoisotopic (exact) mass is 266 g/mol. The van der Waals surface area contributed by atoms with E-state index in [1.165, 1.54) is 0 Å². The third-order valence-corrected chi connectivity index (χ3v) is 2.95. The quantitative estimate of drug-likeness (QED) is 0.762. The highest BCUT2D eigenvalue weighted by Gasteiger charge is 2.07. The van der Waals surface area contributed by atoms with Crippen LogP contribution < -0.4 is 5.32 Å². The van der Waals surface area contributed by atoms with Gasteiger partial charge in [-0.2, -0.15) is 0 Å². The van der Waals surface area contributed by atoms with Crippen molar-refractivity contribution < 1.29 is 4.79 Å². The summed E-state index contributed by atoms with van der Waals surface area (Å²) in [5.41, 5.74) is 2.39. The zero-order chi connectivity index (χ0) is 13.8. The number of nitrogens with zero attached hydrogens (tertiary/aromatic N) is 2. The molecule has 20 heavy (non-hydrogen) atoms. The van der Waals surface area contributed by atoms with Crippen LogP contribution in [-0.2, 0) is 11.2 Å². The Bertz CT molecular complexity index is 688. The number of anilines is 1. The minimum Gasteiger partial charge on any atom is -0.341 e. The van der Waals surface area contributed by atoms with Gasteiger partial charge in [-0.3, -0.25) is 4.79 Å². The summed E-state index contributed by atoms with van der Waals surface area (Å²) >= 11 is 0. The van der Waals surface area contributed by atoms with Crippen LogP contribution >= 0.6 is 0 Å². The van der Waals surface area contributed by atoms with Crippen LogP contribution in [0.3, 0.4) is 0 Å².